The average molecular weight is 282 g/mol. The van der Waals surface area contributed by atoms with Gasteiger partial charge in [-0.15, -0.1) is 0 Å². The Kier molecular flexibility index (Phi) is 2.92. The molecule has 3 rings (SSSR count). The van der Waals surface area contributed by atoms with Crippen LogP contribution in [0.3, 0.4) is 0 Å². The first kappa shape index (κ1) is 13.0. The maximum Gasteiger partial charge on any atom is 0.417 e. The Bertz CT molecular complexity index is 612. The van der Waals surface area contributed by atoms with Crippen molar-refractivity contribution < 1.29 is 13.2 Å². The summed E-state index contributed by atoms with van der Waals surface area (Å²) in [6.07, 6.45) is -1.22. The van der Waals surface area contributed by atoms with Crippen molar-refractivity contribution in [3.8, 4) is 0 Å². The van der Waals surface area contributed by atoms with E-state index in [1.165, 1.54) is 6.07 Å². The van der Waals surface area contributed by atoms with E-state index in [1.54, 1.807) is 4.68 Å². The van der Waals surface area contributed by atoms with Gasteiger partial charge in [0.15, 0.2) is 5.82 Å². The molecule has 4 nitrogen and oxygen atoms in total. The standard InChI is InChI=1S/C13H13F3N4/c1-20-10(8-2-3-8)6-12(19-20)18-11-5-4-9(7-17-11)13(14,15)16/h4-8H,2-3H2,1H3,(H,17,18,19). The second kappa shape index (κ2) is 4.50. The molecule has 7 heteroatoms. The maximum atomic E-state index is 12.4. The normalized spacial score (nSPS) is 15.4. The minimum absolute atomic E-state index is 0.346. The van der Waals surface area contributed by atoms with Gasteiger partial charge in [-0.25, -0.2) is 4.98 Å². The fraction of sp³-hybridized carbons (Fsp3) is 0.385. The van der Waals surface area contributed by atoms with Crippen LogP contribution in [0.2, 0.25) is 0 Å². The molecule has 106 valence electrons. The lowest BCUT2D eigenvalue weighted by atomic mass is 10.2. The number of hydrogen-bond donors (Lipinski definition) is 1. The van der Waals surface area contributed by atoms with E-state index in [0.29, 0.717) is 17.6 Å². The summed E-state index contributed by atoms with van der Waals surface area (Å²) in [5.74, 6) is 1.50. The number of aromatic nitrogens is 3. The van der Waals surface area contributed by atoms with Gasteiger partial charge in [0.1, 0.15) is 5.82 Å². The highest BCUT2D eigenvalue weighted by Crippen LogP contribution is 2.40. The Morgan fingerprint density at radius 2 is 2.00 bits per heavy atom. The summed E-state index contributed by atoms with van der Waals surface area (Å²) in [6, 6.07) is 4.21. The smallest absolute Gasteiger partial charge is 0.323 e. The van der Waals surface area contributed by atoms with Gasteiger partial charge in [0.05, 0.1) is 5.56 Å². The molecule has 1 aliphatic carbocycles. The Hall–Kier alpha value is -2.05. The molecule has 2 aromatic rings. The van der Waals surface area contributed by atoms with Crippen molar-refractivity contribution in [1.29, 1.82) is 0 Å². The lowest BCUT2D eigenvalue weighted by Crippen LogP contribution is -2.06. The number of rotatable bonds is 3. The number of nitrogens with zero attached hydrogens (tertiary/aromatic N) is 3. The molecule has 2 heterocycles. The highest BCUT2D eigenvalue weighted by molar-refractivity contribution is 5.52. The van der Waals surface area contributed by atoms with Crippen LogP contribution in [-0.4, -0.2) is 14.8 Å². The third kappa shape index (κ3) is 2.61. The minimum Gasteiger partial charge on any atom is -0.323 e. The largest absolute Gasteiger partial charge is 0.417 e. The molecule has 20 heavy (non-hydrogen) atoms. The third-order valence-corrected chi connectivity index (χ3v) is 3.26. The molecule has 1 N–H and O–H groups in total. The summed E-state index contributed by atoms with van der Waals surface area (Å²) in [7, 11) is 1.86. The highest BCUT2D eigenvalue weighted by atomic mass is 19.4. The number of pyridine rings is 1. The van der Waals surface area contributed by atoms with Gasteiger partial charge in [0.25, 0.3) is 0 Å². The molecule has 0 bridgehead atoms. The van der Waals surface area contributed by atoms with E-state index in [9.17, 15) is 13.2 Å². The summed E-state index contributed by atoms with van der Waals surface area (Å²) in [5, 5.41) is 7.20. The van der Waals surface area contributed by atoms with E-state index >= 15 is 0 Å². The molecule has 0 aromatic carbocycles. The van der Waals surface area contributed by atoms with Crippen LogP contribution in [0.25, 0.3) is 0 Å². The molecule has 1 fully saturated rings. The zero-order valence-electron chi connectivity index (χ0n) is 10.8. The highest BCUT2D eigenvalue weighted by Gasteiger charge is 2.30. The Morgan fingerprint density at radius 3 is 2.55 bits per heavy atom. The quantitative estimate of drug-likeness (QED) is 0.937. The van der Waals surface area contributed by atoms with Crippen molar-refractivity contribution in [3.05, 3.63) is 35.7 Å². The first-order chi connectivity index (χ1) is 9.43. The van der Waals surface area contributed by atoms with Crippen LogP contribution in [0.1, 0.15) is 30.0 Å². The fourth-order valence-corrected chi connectivity index (χ4v) is 2.07. The number of anilines is 2. The van der Waals surface area contributed by atoms with Crippen LogP contribution in [0, 0.1) is 0 Å². The van der Waals surface area contributed by atoms with Crippen molar-refractivity contribution in [3.63, 3.8) is 0 Å². The number of aryl methyl sites for hydroxylation is 1. The van der Waals surface area contributed by atoms with Crippen LogP contribution in [0.5, 0.6) is 0 Å². The SMILES string of the molecule is Cn1nc(Nc2ccc(C(F)(F)F)cn2)cc1C1CC1. The second-order valence-corrected chi connectivity index (χ2v) is 4.91. The zero-order chi connectivity index (χ0) is 14.3. The molecule has 1 aliphatic rings. The second-order valence-electron chi connectivity index (χ2n) is 4.91. The van der Waals surface area contributed by atoms with E-state index in [1.807, 2.05) is 13.1 Å². The summed E-state index contributed by atoms with van der Waals surface area (Å²) in [5.41, 5.74) is 0.377. The summed E-state index contributed by atoms with van der Waals surface area (Å²) in [4.78, 5) is 3.76. The molecule has 1 saturated carbocycles. The van der Waals surface area contributed by atoms with Crippen molar-refractivity contribution >= 4 is 11.6 Å². The molecular weight excluding hydrogens is 269 g/mol. The number of nitrogens with one attached hydrogen (secondary N) is 1. The maximum absolute atomic E-state index is 12.4. The first-order valence-electron chi connectivity index (χ1n) is 6.28. The lowest BCUT2D eigenvalue weighted by Gasteiger charge is -2.07. The Balaban J connectivity index is 1.76. The minimum atomic E-state index is -4.37. The molecule has 0 unspecified atom stereocenters. The molecule has 0 saturated heterocycles. The van der Waals surface area contributed by atoms with Crippen molar-refractivity contribution in [2.75, 3.05) is 5.32 Å². The number of hydrogen-bond acceptors (Lipinski definition) is 3. The first-order valence-corrected chi connectivity index (χ1v) is 6.28. The van der Waals surface area contributed by atoms with Gasteiger partial charge in [-0.2, -0.15) is 18.3 Å². The van der Waals surface area contributed by atoms with Crippen molar-refractivity contribution in [2.24, 2.45) is 7.05 Å². The van der Waals surface area contributed by atoms with Gasteiger partial charge < -0.3 is 5.32 Å². The van der Waals surface area contributed by atoms with Crippen molar-refractivity contribution in [2.45, 2.75) is 24.9 Å². The van der Waals surface area contributed by atoms with Crippen LogP contribution >= 0.6 is 0 Å². The van der Waals surface area contributed by atoms with Crippen molar-refractivity contribution in [1.82, 2.24) is 14.8 Å². The number of alkyl halides is 3. The van der Waals surface area contributed by atoms with Crippen LogP contribution in [0.4, 0.5) is 24.8 Å². The number of halogens is 3. The van der Waals surface area contributed by atoms with E-state index < -0.39 is 11.7 Å². The van der Waals surface area contributed by atoms with Crippen LogP contribution < -0.4 is 5.32 Å². The third-order valence-electron chi connectivity index (χ3n) is 3.26. The predicted octanol–water partition coefficient (Wildman–Crippen LogP) is 3.45. The summed E-state index contributed by atoms with van der Waals surface area (Å²) >= 11 is 0. The van der Waals surface area contributed by atoms with Gasteiger partial charge in [0.2, 0.25) is 0 Å². The van der Waals surface area contributed by atoms with Crippen LogP contribution in [-0.2, 0) is 13.2 Å². The molecule has 0 aliphatic heterocycles. The van der Waals surface area contributed by atoms with Gasteiger partial charge in [-0.05, 0) is 25.0 Å². The average Bonchev–Trinajstić information content (AvgIpc) is 3.14. The van der Waals surface area contributed by atoms with Gasteiger partial charge in [-0.3, -0.25) is 4.68 Å². The molecule has 0 radical (unpaired) electrons. The molecule has 0 atom stereocenters. The fourth-order valence-electron chi connectivity index (χ4n) is 2.07. The molecule has 2 aromatic heterocycles. The molecule has 0 amide bonds. The summed E-state index contributed by atoms with van der Waals surface area (Å²) < 4.78 is 39.1. The van der Waals surface area contributed by atoms with Gasteiger partial charge >= 0.3 is 6.18 Å². The van der Waals surface area contributed by atoms with Gasteiger partial charge in [-0.1, -0.05) is 0 Å². The van der Waals surface area contributed by atoms with E-state index in [2.05, 4.69) is 15.4 Å². The Labute approximate surface area is 113 Å². The van der Waals surface area contributed by atoms with Gasteiger partial charge in [0, 0.05) is 30.9 Å². The zero-order valence-corrected chi connectivity index (χ0v) is 10.8. The predicted molar refractivity (Wildman–Crippen MR) is 67.7 cm³/mol. The Morgan fingerprint density at radius 1 is 1.25 bits per heavy atom. The van der Waals surface area contributed by atoms with E-state index in [-0.39, 0.29) is 0 Å². The van der Waals surface area contributed by atoms with E-state index in [4.69, 9.17) is 0 Å². The summed E-state index contributed by atoms with van der Waals surface area (Å²) in [6.45, 7) is 0. The van der Waals surface area contributed by atoms with Crippen LogP contribution in [0.15, 0.2) is 24.4 Å². The molecular formula is C13H13F3N4. The topological polar surface area (TPSA) is 42.7 Å². The lowest BCUT2D eigenvalue weighted by molar-refractivity contribution is -0.137. The molecule has 0 spiro atoms. The monoisotopic (exact) mass is 282 g/mol. The van der Waals surface area contributed by atoms with E-state index in [0.717, 1.165) is 30.8 Å².